The minimum atomic E-state index is -0.0104. The Kier molecular flexibility index (Phi) is 4.29. The standard InChI is InChI=1S/C17H17BrO2/c1-10-6-8-14(17(20-4)12(10)3)16(19)15-9-13(18)7-5-11(15)2/h5-9H,1-4H3. The highest BCUT2D eigenvalue weighted by Gasteiger charge is 2.18. The smallest absolute Gasteiger partial charge is 0.197 e. The van der Waals surface area contributed by atoms with Gasteiger partial charge in [-0.2, -0.15) is 0 Å². The molecule has 2 rings (SSSR count). The van der Waals surface area contributed by atoms with Gasteiger partial charge in [0.05, 0.1) is 12.7 Å². The number of hydrogen-bond donors (Lipinski definition) is 0. The average molecular weight is 333 g/mol. The van der Waals surface area contributed by atoms with Crippen molar-refractivity contribution in [2.24, 2.45) is 0 Å². The fourth-order valence-corrected chi connectivity index (χ4v) is 2.58. The summed E-state index contributed by atoms with van der Waals surface area (Å²) in [6.45, 7) is 5.92. The van der Waals surface area contributed by atoms with E-state index in [-0.39, 0.29) is 5.78 Å². The first-order chi connectivity index (χ1) is 9.45. The summed E-state index contributed by atoms with van der Waals surface area (Å²) in [6, 6.07) is 9.52. The Hall–Kier alpha value is -1.61. The molecule has 0 amide bonds. The summed E-state index contributed by atoms with van der Waals surface area (Å²) in [5.41, 5.74) is 4.38. The van der Waals surface area contributed by atoms with Gasteiger partial charge in [-0.05, 0) is 55.7 Å². The number of methoxy groups -OCH3 is 1. The molecule has 0 bridgehead atoms. The molecular formula is C17H17BrO2. The van der Waals surface area contributed by atoms with Crippen molar-refractivity contribution in [3.05, 3.63) is 62.6 Å². The van der Waals surface area contributed by atoms with Gasteiger partial charge in [0.2, 0.25) is 0 Å². The minimum absolute atomic E-state index is 0.0104. The summed E-state index contributed by atoms with van der Waals surface area (Å²) in [5, 5.41) is 0. The number of ketones is 1. The molecule has 2 aromatic carbocycles. The van der Waals surface area contributed by atoms with E-state index in [1.807, 2.05) is 51.1 Å². The highest BCUT2D eigenvalue weighted by atomic mass is 79.9. The molecule has 0 radical (unpaired) electrons. The molecule has 0 unspecified atom stereocenters. The number of carbonyl (C=O) groups excluding carboxylic acids is 1. The van der Waals surface area contributed by atoms with Gasteiger partial charge in [-0.25, -0.2) is 0 Å². The van der Waals surface area contributed by atoms with E-state index in [2.05, 4.69) is 15.9 Å². The molecule has 0 atom stereocenters. The number of rotatable bonds is 3. The molecular weight excluding hydrogens is 316 g/mol. The number of benzene rings is 2. The van der Waals surface area contributed by atoms with Crippen molar-refractivity contribution in [3.63, 3.8) is 0 Å². The summed E-state index contributed by atoms with van der Waals surface area (Å²) in [5.74, 6) is 0.651. The first-order valence-electron chi connectivity index (χ1n) is 6.40. The molecule has 20 heavy (non-hydrogen) atoms. The topological polar surface area (TPSA) is 26.3 Å². The van der Waals surface area contributed by atoms with Gasteiger partial charge in [-0.3, -0.25) is 4.79 Å². The van der Waals surface area contributed by atoms with Crippen molar-refractivity contribution < 1.29 is 9.53 Å². The molecule has 0 aliphatic rings. The fourth-order valence-electron chi connectivity index (χ4n) is 2.22. The van der Waals surface area contributed by atoms with Gasteiger partial charge >= 0.3 is 0 Å². The normalized spacial score (nSPS) is 10.4. The first-order valence-corrected chi connectivity index (χ1v) is 7.20. The third-order valence-electron chi connectivity index (χ3n) is 3.57. The van der Waals surface area contributed by atoms with Crippen LogP contribution in [-0.4, -0.2) is 12.9 Å². The molecule has 0 heterocycles. The lowest BCUT2D eigenvalue weighted by molar-refractivity contribution is 0.103. The second-order valence-corrected chi connectivity index (χ2v) is 5.79. The van der Waals surface area contributed by atoms with E-state index in [1.165, 1.54) is 0 Å². The number of ether oxygens (including phenoxy) is 1. The predicted molar refractivity (Wildman–Crippen MR) is 84.8 cm³/mol. The summed E-state index contributed by atoms with van der Waals surface area (Å²) < 4.78 is 6.33. The highest BCUT2D eigenvalue weighted by molar-refractivity contribution is 9.10. The molecule has 0 aromatic heterocycles. The van der Waals surface area contributed by atoms with Gasteiger partial charge in [0, 0.05) is 10.0 Å². The molecule has 0 aliphatic carbocycles. The van der Waals surface area contributed by atoms with Crippen LogP contribution >= 0.6 is 15.9 Å². The summed E-state index contributed by atoms with van der Waals surface area (Å²) >= 11 is 3.42. The molecule has 0 spiro atoms. The van der Waals surface area contributed by atoms with Gasteiger partial charge in [-0.15, -0.1) is 0 Å². The zero-order valence-corrected chi connectivity index (χ0v) is 13.7. The predicted octanol–water partition coefficient (Wildman–Crippen LogP) is 4.61. The van der Waals surface area contributed by atoms with Crippen molar-refractivity contribution in [1.29, 1.82) is 0 Å². The molecule has 0 saturated heterocycles. The Labute approximate surface area is 127 Å². The summed E-state index contributed by atoms with van der Waals surface area (Å²) in [7, 11) is 1.60. The minimum Gasteiger partial charge on any atom is -0.496 e. The second-order valence-electron chi connectivity index (χ2n) is 4.88. The van der Waals surface area contributed by atoms with Crippen LogP contribution in [0.3, 0.4) is 0 Å². The zero-order valence-electron chi connectivity index (χ0n) is 12.1. The van der Waals surface area contributed by atoms with Crippen molar-refractivity contribution in [2.75, 3.05) is 7.11 Å². The van der Waals surface area contributed by atoms with Crippen LogP contribution in [0.1, 0.15) is 32.6 Å². The monoisotopic (exact) mass is 332 g/mol. The molecule has 0 saturated carbocycles. The van der Waals surface area contributed by atoms with Crippen molar-refractivity contribution in [3.8, 4) is 5.75 Å². The van der Waals surface area contributed by atoms with E-state index in [1.54, 1.807) is 7.11 Å². The lowest BCUT2D eigenvalue weighted by Crippen LogP contribution is -2.07. The van der Waals surface area contributed by atoms with E-state index in [4.69, 9.17) is 4.74 Å². The molecule has 0 N–H and O–H groups in total. The van der Waals surface area contributed by atoms with Crippen molar-refractivity contribution >= 4 is 21.7 Å². The van der Waals surface area contributed by atoms with E-state index < -0.39 is 0 Å². The van der Waals surface area contributed by atoms with Crippen LogP contribution in [0.25, 0.3) is 0 Å². The first kappa shape index (κ1) is 14.8. The van der Waals surface area contributed by atoms with Crippen LogP contribution < -0.4 is 4.74 Å². The second kappa shape index (κ2) is 5.80. The van der Waals surface area contributed by atoms with Crippen LogP contribution in [-0.2, 0) is 0 Å². The van der Waals surface area contributed by atoms with E-state index in [0.717, 1.165) is 21.2 Å². The molecule has 2 aromatic rings. The van der Waals surface area contributed by atoms with Gasteiger partial charge in [0.15, 0.2) is 5.78 Å². The van der Waals surface area contributed by atoms with E-state index in [9.17, 15) is 4.79 Å². The van der Waals surface area contributed by atoms with E-state index >= 15 is 0 Å². The number of hydrogen-bond acceptors (Lipinski definition) is 2. The van der Waals surface area contributed by atoms with Crippen LogP contribution in [0.4, 0.5) is 0 Å². The summed E-state index contributed by atoms with van der Waals surface area (Å²) in [6.07, 6.45) is 0. The molecule has 0 aliphatic heterocycles. The third kappa shape index (κ3) is 2.63. The lowest BCUT2D eigenvalue weighted by atomic mass is 9.95. The Morgan fingerprint density at radius 1 is 1.00 bits per heavy atom. The van der Waals surface area contributed by atoms with Gasteiger partial charge in [-0.1, -0.05) is 28.1 Å². The van der Waals surface area contributed by atoms with Crippen LogP contribution in [0, 0.1) is 20.8 Å². The van der Waals surface area contributed by atoms with Crippen molar-refractivity contribution in [2.45, 2.75) is 20.8 Å². The van der Waals surface area contributed by atoms with Crippen LogP contribution in [0.2, 0.25) is 0 Å². The molecule has 0 fully saturated rings. The lowest BCUT2D eigenvalue weighted by Gasteiger charge is -2.14. The van der Waals surface area contributed by atoms with Crippen LogP contribution in [0.5, 0.6) is 5.75 Å². The Morgan fingerprint density at radius 3 is 2.30 bits per heavy atom. The SMILES string of the molecule is COc1c(C(=O)c2cc(Br)ccc2C)ccc(C)c1C. The van der Waals surface area contributed by atoms with Crippen LogP contribution in [0.15, 0.2) is 34.8 Å². The molecule has 104 valence electrons. The maximum atomic E-state index is 12.8. The maximum Gasteiger partial charge on any atom is 0.197 e. The Balaban J connectivity index is 2.59. The quantitative estimate of drug-likeness (QED) is 0.767. The van der Waals surface area contributed by atoms with Gasteiger partial charge in [0.25, 0.3) is 0 Å². The number of carbonyl (C=O) groups is 1. The van der Waals surface area contributed by atoms with E-state index in [0.29, 0.717) is 16.9 Å². The Morgan fingerprint density at radius 2 is 1.65 bits per heavy atom. The molecule has 3 heteroatoms. The zero-order chi connectivity index (χ0) is 14.9. The number of halogens is 1. The summed E-state index contributed by atoms with van der Waals surface area (Å²) in [4.78, 5) is 12.8. The highest BCUT2D eigenvalue weighted by Crippen LogP contribution is 2.29. The third-order valence-corrected chi connectivity index (χ3v) is 4.06. The Bertz CT molecular complexity index is 675. The number of aryl methyl sites for hydroxylation is 2. The van der Waals surface area contributed by atoms with Crippen molar-refractivity contribution in [1.82, 2.24) is 0 Å². The largest absolute Gasteiger partial charge is 0.496 e. The van der Waals surface area contributed by atoms with Gasteiger partial charge in [0.1, 0.15) is 5.75 Å². The molecule has 2 nitrogen and oxygen atoms in total. The average Bonchev–Trinajstić information content (AvgIpc) is 2.43. The fraction of sp³-hybridized carbons (Fsp3) is 0.235. The van der Waals surface area contributed by atoms with Gasteiger partial charge < -0.3 is 4.74 Å². The maximum absolute atomic E-state index is 12.8.